The molecule has 4 heterocycles. The fourth-order valence-electron chi connectivity index (χ4n) is 3.82. The van der Waals surface area contributed by atoms with E-state index in [1.54, 1.807) is 5.38 Å². The van der Waals surface area contributed by atoms with Gasteiger partial charge in [-0.3, -0.25) is 19.3 Å². The molecule has 2 fully saturated rings. The number of thiazole rings is 1. The number of nitrogen functional groups attached to an aromatic ring is 1. The van der Waals surface area contributed by atoms with Crippen molar-refractivity contribution in [3.63, 3.8) is 0 Å². The van der Waals surface area contributed by atoms with E-state index in [-0.39, 0.29) is 28.5 Å². The first kappa shape index (κ1) is 22.1. The first-order valence-electron chi connectivity index (χ1n) is 9.55. The highest BCUT2D eigenvalue weighted by atomic mass is 32.2. The van der Waals surface area contributed by atoms with Crippen molar-refractivity contribution in [2.75, 3.05) is 25.2 Å². The predicted molar refractivity (Wildman–Crippen MR) is 120 cm³/mol. The number of oxime groups is 1. The Labute approximate surface area is 192 Å². The standard InChI is InChI=1S/C18H21N5O5S3/c1-27-22-11(10-7-31-18(19)20-10)14(24)21-12-15(25)23-13(17(26)29)8(6-30-16(12)23)5-9-3-2-4-28-9/h7,9,12,16H,2-6H2,1H3,(H2,19,20)(H,21,24)(H,26,29)/b22-11+/t9?,12?,16-/m1/s1. The SMILES string of the molecule is CO/N=C(/C(=O)NC1C(=O)N2C(C(=O)S)=C(CC3CCCO3)CS[C@H]12)c1csc(N)n1. The first-order valence-corrected chi connectivity index (χ1v) is 11.9. The largest absolute Gasteiger partial charge is 0.398 e. The Bertz CT molecular complexity index is 972. The molecule has 0 radical (unpaired) electrons. The summed E-state index contributed by atoms with van der Waals surface area (Å²) in [5, 5.41) is 7.41. The molecule has 2 saturated heterocycles. The maximum absolute atomic E-state index is 12.9. The Hall–Kier alpha value is -2.09. The fourth-order valence-corrected chi connectivity index (χ4v) is 6.00. The van der Waals surface area contributed by atoms with E-state index in [1.807, 2.05) is 0 Å². The molecule has 2 unspecified atom stereocenters. The lowest BCUT2D eigenvalue weighted by Gasteiger charge is -2.50. The zero-order valence-corrected chi connectivity index (χ0v) is 19.1. The van der Waals surface area contributed by atoms with Gasteiger partial charge in [-0.15, -0.1) is 23.1 Å². The van der Waals surface area contributed by atoms with Crippen LogP contribution < -0.4 is 11.1 Å². The Morgan fingerprint density at radius 3 is 2.94 bits per heavy atom. The molecular formula is C18H21N5O5S3. The number of nitrogens with two attached hydrogens (primary N) is 1. The molecule has 0 aliphatic carbocycles. The molecule has 3 atom stereocenters. The van der Waals surface area contributed by atoms with Crippen molar-refractivity contribution in [1.82, 2.24) is 15.2 Å². The van der Waals surface area contributed by atoms with Gasteiger partial charge in [-0.1, -0.05) is 17.8 Å². The molecule has 3 N–H and O–H groups in total. The lowest BCUT2D eigenvalue weighted by Crippen LogP contribution is -2.71. The van der Waals surface area contributed by atoms with Crippen LogP contribution in [0.25, 0.3) is 0 Å². The van der Waals surface area contributed by atoms with E-state index in [0.29, 0.717) is 24.5 Å². The number of fused-ring (bicyclic) bond motifs is 1. The Kier molecular flexibility index (Phi) is 6.55. The van der Waals surface area contributed by atoms with Gasteiger partial charge in [0, 0.05) is 17.7 Å². The van der Waals surface area contributed by atoms with Crippen LogP contribution in [0.1, 0.15) is 25.0 Å². The summed E-state index contributed by atoms with van der Waals surface area (Å²) in [5.74, 6) is -0.426. The Morgan fingerprint density at radius 2 is 2.32 bits per heavy atom. The molecule has 10 nitrogen and oxygen atoms in total. The van der Waals surface area contributed by atoms with Crippen LogP contribution in [-0.2, 0) is 24.0 Å². The van der Waals surface area contributed by atoms with Crippen molar-refractivity contribution in [2.45, 2.75) is 36.8 Å². The first-order chi connectivity index (χ1) is 14.9. The number of carbonyl (C=O) groups is 3. The number of thiol groups is 1. The monoisotopic (exact) mass is 483 g/mol. The van der Waals surface area contributed by atoms with Crippen LogP contribution in [0.2, 0.25) is 0 Å². The van der Waals surface area contributed by atoms with Crippen molar-refractivity contribution in [3.05, 3.63) is 22.3 Å². The van der Waals surface area contributed by atoms with Gasteiger partial charge in [0.1, 0.15) is 24.2 Å². The second-order valence-electron chi connectivity index (χ2n) is 7.15. The molecule has 4 rings (SSSR count). The number of aromatic nitrogens is 1. The zero-order chi connectivity index (χ0) is 22.1. The molecular weight excluding hydrogens is 462 g/mol. The van der Waals surface area contributed by atoms with Crippen LogP contribution in [0.15, 0.2) is 21.8 Å². The van der Waals surface area contributed by atoms with Crippen LogP contribution in [0.5, 0.6) is 0 Å². The zero-order valence-electron chi connectivity index (χ0n) is 16.6. The molecule has 166 valence electrons. The lowest BCUT2D eigenvalue weighted by atomic mass is 9.99. The van der Waals surface area contributed by atoms with Gasteiger partial charge in [0.05, 0.1) is 11.8 Å². The number of hydrogen-bond donors (Lipinski definition) is 3. The van der Waals surface area contributed by atoms with Gasteiger partial charge in [0.15, 0.2) is 10.8 Å². The van der Waals surface area contributed by atoms with Gasteiger partial charge in [0.25, 0.3) is 11.8 Å². The van der Waals surface area contributed by atoms with Gasteiger partial charge in [-0.05, 0) is 24.8 Å². The average Bonchev–Trinajstić information content (AvgIpc) is 3.41. The predicted octanol–water partition coefficient (Wildman–Crippen LogP) is 0.755. The molecule has 2 amide bonds. The number of rotatable bonds is 7. The average molecular weight is 484 g/mol. The van der Waals surface area contributed by atoms with Gasteiger partial charge in [-0.25, -0.2) is 4.98 Å². The number of amides is 2. The third-order valence-corrected chi connectivity index (χ3v) is 7.42. The van der Waals surface area contributed by atoms with E-state index >= 15 is 0 Å². The van der Waals surface area contributed by atoms with Crippen molar-refractivity contribution in [2.24, 2.45) is 5.16 Å². The van der Waals surface area contributed by atoms with Crippen LogP contribution in [0.3, 0.4) is 0 Å². The number of β-lactam (4-membered cyclic amide) rings is 1. The summed E-state index contributed by atoms with van der Waals surface area (Å²) >= 11 is 6.65. The highest BCUT2D eigenvalue weighted by Crippen LogP contribution is 2.42. The minimum atomic E-state index is -0.803. The molecule has 1 aromatic rings. The van der Waals surface area contributed by atoms with E-state index in [9.17, 15) is 14.4 Å². The van der Waals surface area contributed by atoms with E-state index < -0.39 is 22.4 Å². The molecule has 31 heavy (non-hydrogen) atoms. The van der Waals surface area contributed by atoms with Crippen molar-refractivity contribution in [1.29, 1.82) is 0 Å². The number of nitrogens with zero attached hydrogens (tertiary/aromatic N) is 3. The third kappa shape index (κ3) is 4.31. The molecule has 0 bridgehead atoms. The second-order valence-corrected chi connectivity index (χ2v) is 9.55. The normalized spacial score (nSPS) is 25.9. The van der Waals surface area contributed by atoms with Gasteiger partial charge < -0.3 is 20.6 Å². The van der Waals surface area contributed by atoms with E-state index in [4.69, 9.17) is 15.3 Å². The summed E-state index contributed by atoms with van der Waals surface area (Å²) in [4.78, 5) is 48.2. The number of thioether (sulfide) groups is 1. The number of ether oxygens (including phenoxy) is 1. The van der Waals surface area contributed by atoms with Crippen molar-refractivity contribution < 1.29 is 24.0 Å². The Balaban J connectivity index is 1.50. The molecule has 0 saturated carbocycles. The van der Waals surface area contributed by atoms with Crippen LogP contribution in [-0.4, -0.2) is 69.5 Å². The van der Waals surface area contributed by atoms with Crippen molar-refractivity contribution >= 4 is 63.5 Å². The molecule has 13 heteroatoms. The topological polar surface area (TPSA) is 136 Å². The molecule has 1 aromatic heterocycles. The molecule has 3 aliphatic heterocycles. The van der Waals surface area contributed by atoms with Gasteiger partial charge >= 0.3 is 0 Å². The maximum Gasteiger partial charge on any atom is 0.276 e. The molecule has 0 spiro atoms. The van der Waals surface area contributed by atoms with Crippen molar-refractivity contribution in [3.8, 4) is 0 Å². The number of hydrogen-bond acceptors (Lipinski definition) is 10. The minimum Gasteiger partial charge on any atom is -0.398 e. The van der Waals surface area contributed by atoms with E-state index in [0.717, 1.165) is 29.8 Å². The highest BCUT2D eigenvalue weighted by molar-refractivity contribution is 8.00. The van der Waals surface area contributed by atoms with Crippen LogP contribution >= 0.6 is 35.7 Å². The summed E-state index contributed by atoms with van der Waals surface area (Å²) in [6.07, 6.45) is 2.57. The summed E-state index contributed by atoms with van der Waals surface area (Å²) in [6, 6.07) is -0.803. The summed E-state index contributed by atoms with van der Waals surface area (Å²) in [5.41, 5.74) is 6.97. The van der Waals surface area contributed by atoms with Crippen LogP contribution in [0, 0.1) is 0 Å². The third-order valence-electron chi connectivity index (χ3n) is 5.20. The summed E-state index contributed by atoms with van der Waals surface area (Å²) in [6.45, 7) is 0.713. The number of nitrogens with one attached hydrogen (secondary N) is 1. The summed E-state index contributed by atoms with van der Waals surface area (Å²) < 4.78 is 5.68. The second kappa shape index (κ2) is 9.18. The maximum atomic E-state index is 12.9. The number of carbonyl (C=O) groups excluding carboxylic acids is 3. The molecule has 0 aromatic carbocycles. The molecule has 3 aliphatic rings. The lowest BCUT2D eigenvalue weighted by molar-refractivity contribution is -0.146. The minimum absolute atomic E-state index is 0.0556. The quantitative estimate of drug-likeness (QED) is 0.224. The smallest absolute Gasteiger partial charge is 0.276 e. The summed E-state index contributed by atoms with van der Waals surface area (Å²) in [7, 11) is 1.31. The Morgan fingerprint density at radius 1 is 1.52 bits per heavy atom. The fraction of sp³-hybridized carbons (Fsp3) is 0.500. The van der Waals surface area contributed by atoms with E-state index in [2.05, 4.69) is 28.1 Å². The number of anilines is 1. The van der Waals surface area contributed by atoms with Gasteiger partial charge in [-0.2, -0.15) is 0 Å². The van der Waals surface area contributed by atoms with E-state index in [1.165, 1.54) is 23.8 Å². The van der Waals surface area contributed by atoms with Crippen LogP contribution in [0.4, 0.5) is 5.13 Å². The van der Waals surface area contributed by atoms with Gasteiger partial charge in [0.2, 0.25) is 5.12 Å². The highest BCUT2D eigenvalue weighted by Gasteiger charge is 2.54.